The van der Waals surface area contributed by atoms with E-state index in [4.69, 9.17) is 11.6 Å². The van der Waals surface area contributed by atoms with Gasteiger partial charge < -0.3 is 15.1 Å². The quantitative estimate of drug-likeness (QED) is 0.845. The molecule has 142 valence electrons. The zero-order valence-electron chi connectivity index (χ0n) is 15.5. The third kappa shape index (κ3) is 5.01. The van der Waals surface area contributed by atoms with Crippen LogP contribution in [0.1, 0.15) is 30.1 Å². The van der Waals surface area contributed by atoms with Crippen molar-refractivity contribution in [3.8, 4) is 0 Å². The second-order valence-electron chi connectivity index (χ2n) is 6.63. The van der Waals surface area contributed by atoms with Crippen molar-refractivity contribution < 1.29 is 9.59 Å². The van der Waals surface area contributed by atoms with Crippen LogP contribution in [0.5, 0.6) is 0 Å². The minimum atomic E-state index is 0.0413. The van der Waals surface area contributed by atoms with Crippen LogP contribution in [0, 0.1) is 0 Å². The van der Waals surface area contributed by atoms with Gasteiger partial charge in [-0.1, -0.05) is 18.5 Å². The minimum absolute atomic E-state index is 0.0413. The summed E-state index contributed by atoms with van der Waals surface area (Å²) in [5.74, 6) is 0.0832. The van der Waals surface area contributed by atoms with Gasteiger partial charge in [0, 0.05) is 54.6 Å². The van der Waals surface area contributed by atoms with E-state index in [9.17, 15) is 9.59 Å². The first-order valence-corrected chi connectivity index (χ1v) is 9.64. The second-order valence-corrected chi connectivity index (χ2v) is 7.07. The topological polar surface area (TPSA) is 52.7 Å². The maximum Gasteiger partial charge on any atom is 0.253 e. The number of nitrogens with zero attached hydrogens (tertiary/aromatic N) is 2. The van der Waals surface area contributed by atoms with Crippen LogP contribution >= 0.6 is 11.6 Å². The summed E-state index contributed by atoms with van der Waals surface area (Å²) in [6.07, 6.45) is 1.37. The van der Waals surface area contributed by atoms with Crippen LogP contribution in [0.15, 0.2) is 48.5 Å². The first-order chi connectivity index (χ1) is 13.1. The molecule has 0 aromatic heterocycles. The van der Waals surface area contributed by atoms with Crippen molar-refractivity contribution in [2.75, 3.05) is 36.4 Å². The van der Waals surface area contributed by atoms with Gasteiger partial charge in [-0.3, -0.25) is 9.59 Å². The van der Waals surface area contributed by atoms with Crippen molar-refractivity contribution in [1.29, 1.82) is 0 Å². The highest BCUT2D eigenvalue weighted by molar-refractivity contribution is 6.30. The van der Waals surface area contributed by atoms with Crippen LogP contribution < -0.4 is 10.2 Å². The Bertz CT molecular complexity index is 782. The number of piperazine rings is 1. The Hall–Kier alpha value is -2.53. The minimum Gasteiger partial charge on any atom is -0.368 e. The highest BCUT2D eigenvalue weighted by atomic mass is 35.5. The van der Waals surface area contributed by atoms with Crippen LogP contribution in [0.4, 0.5) is 11.4 Å². The number of benzene rings is 2. The molecule has 2 aromatic rings. The Morgan fingerprint density at radius 3 is 2.19 bits per heavy atom. The van der Waals surface area contributed by atoms with Gasteiger partial charge in [-0.2, -0.15) is 0 Å². The molecule has 6 heteroatoms. The molecule has 1 saturated heterocycles. The number of anilines is 2. The molecule has 0 saturated carbocycles. The molecule has 1 aliphatic heterocycles. The summed E-state index contributed by atoms with van der Waals surface area (Å²) in [5.41, 5.74) is 2.58. The van der Waals surface area contributed by atoms with Crippen LogP contribution in [0.3, 0.4) is 0 Å². The van der Waals surface area contributed by atoms with Gasteiger partial charge in [-0.15, -0.1) is 0 Å². The number of amides is 2. The number of halogens is 1. The first kappa shape index (κ1) is 19.2. The zero-order chi connectivity index (χ0) is 19.2. The zero-order valence-corrected chi connectivity index (χ0v) is 16.2. The van der Waals surface area contributed by atoms with E-state index in [1.807, 2.05) is 36.1 Å². The molecule has 0 atom stereocenters. The van der Waals surface area contributed by atoms with Crippen LogP contribution in [0.25, 0.3) is 0 Å². The molecule has 0 radical (unpaired) electrons. The molecule has 3 rings (SSSR count). The molecule has 1 fully saturated rings. The molecule has 2 amide bonds. The average Bonchev–Trinajstić information content (AvgIpc) is 2.69. The molecule has 1 heterocycles. The van der Waals surface area contributed by atoms with Crippen molar-refractivity contribution in [2.45, 2.75) is 19.8 Å². The Labute approximate surface area is 164 Å². The number of carbonyl (C=O) groups is 2. The lowest BCUT2D eigenvalue weighted by molar-refractivity contribution is -0.116. The maximum atomic E-state index is 12.6. The normalized spacial score (nSPS) is 14.1. The first-order valence-electron chi connectivity index (χ1n) is 9.26. The summed E-state index contributed by atoms with van der Waals surface area (Å²) >= 11 is 5.89. The van der Waals surface area contributed by atoms with Crippen LogP contribution in [-0.2, 0) is 4.79 Å². The van der Waals surface area contributed by atoms with E-state index in [0.717, 1.165) is 30.9 Å². The molecule has 1 N–H and O–H groups in total. The third-order valence-corrected chi connectivity index (χ3v) is 4.90. The molecular formula is C21H24ClN3O2. The molecule has 0 unspecified atom stereocenters. The van der Waals surface area contributed by atoms with E-state index in [1.165, 1.54) is 0 Å². The van der Waals surface area contributed by atoms with Gasteiger partial charge >= 0.3 is 0 Å². The van der Waals surface area contributed by atoms with Gasteiger partial charge in [0.05, 0.1) is 0 Å². The number of rotatable bonds is 5. The van der Waals surface area contributed by atoms with Crippen molar-refractivity contribution in [1.82, 2.24) is 4.90 Å². The summed E-state index contributed by atoms with van der Waals surface area (Å²) in [6, 6.07) is 14.9. The van der Waals surface area contributed by atoms with Gasteiger partial charge in [0.15, 0.2) is 0 Å². The van der Waals surface area contributed by atoms with Gasteiger partial charge in [-0.05, 0) is 55.0 Å². The number of carbonyl (C=O) groups excluding carboxylic acids is 2. The monoisotopic (exact) mass is 385 g/mol. The SMILES string of the molecule is CCCC(=O)Nc1ccc(N2CCN(C(=O)c3ccc(Cl)cc3)CC2)cc1. The molecule has 5 nitrogen and oxygen atoms in total. The number of nitrogens with one attached hydrogen (secondary N) is 1. The summed E-state index contributed by atoms with van der Waals surface area (Å²) in [6.45, 7) is 4.90. The predicted octanol–water partition coefficient (Wildman–Crippen LogP) is 4.04. The average molecular weight is 386 g/mol. The van der Waals surface area contributed by atoms with Gasteiger partial charge in [0.1, 0.15) is 0 Å². The lowest BCUT2D eigenvalue weighted by Gasteiger charge is -2.36. The standard InChI is InChI=1S/C21H24ClN3O2/c1-2-3-20(26)23-18-8-10-19(11-9-18)24-12-14-25(15-13-24)21(27)16-4-6-17(22)7-5-16/h4-11H,2-3,12-15H2,1H3,(H,23,26). The fourth-order valence-corrected chi connectivity index (χ4v) is 3.27. The van der Waals surface area contributed by atoms with Crippen molar-refractivity contribution in [3.63, 3.8) is 0 Å². The van der Waals surface area contributed by atoms with Crippen molar-refractivity contribution in [3.05, 3.63) is 59.1 Å². The van der Waals surface area contributed by atoms with Gasteiger partial charge in [0.25, 0.3) is 5.91 Å². The van der Waals surface area contributed by atoms with Crippen molar-refractivity contribution >= 4 is 34.8 Å². The summed E-state index contributed by atoms with van der Waals surface area (Å²) < 4.78 is 0. The second kappa shape index (κ2) is 8.91. The fourth-order valence-electron chi connectivity index (χ4n) is 3.15. The van der Waals surface area contributed by atoms with E-state index in [-0.39, 0.29) is 11.8 Å². The van der Waals surface area contributed by atoms with E-state index in [0.29, 0.717) is 30.1 Å². The lowest BCUT2D eigenvalue weighted by atomic mass is 10.1. The fraction of sp³-hybridized carbons (Fsp3) is 0.333. The maximum absolute atomic E-state index is 12.6. The Morgan fingerprint density at radius 2 is 1.59 bits per heavy atom. The van der Waals surface area contributed by atoms with Crippen LogP contribution in [0.2, 0.25) is 5.02 Å². The highest BCUT2D eigenvalue weighted by Crippen LogP contribution is 2.21. The molecular weight excluding hydrogens is 362 g/mol. The molecule has 27 heavy (non-hydrogen) atoms. The van der Waals surface area contributed by atoms with Gasteiger partial charge in [-0.25, -0.2) is 0 Å². The van der Waals surface area contributed by atoms with E-state index < -0.39 is 0 Å². The number of hydrogen-bond donors (Lipinski definition) is 1. The largest absolute Gasteiger partial charge is 0.368 e. The smallest absolute Gasteiger partial charge is 0.253 e. The van der Waals surface area contributed by atoms with E-state index in [1.54, 1.807) is 24.3 Å². The molecule has 0 aliphatic carbocycles. The Kier molecular flexibility index (Phi) is 6.35. The molecule has 1 aliphatic rings. The Morgan fingerprint density at radius 1 is 0.963 bits per heavy atom. The molecule has 2 aromatic carbocycles. The summed E-state index contributed by atoms with van der Waals surface area (Å²) in [4.78, 5) is 28.4. The van der Waals surface area contributed by atoms with Gasteiger partial charge in [0.2, 0.25) is 5.91 Å². The van der Waals surface area contributed by atoms with E-state index in [2.05, 4.69) is 10.2 Å². The lowest BCUT2D eigenvalue weighted by Crippen LogP contribution is -2.48. The van der Waals surface area contributed by atoms with Crippen molar-refractivity contribution in [2.24, 2.45) is 0 Å². The highest BCUT2D eigenvalue weighted by Gasteiger charge is 2.22. The molecule has 0 bridgehead atoms. The predicted molar refractivity (Wildman–Crippen MR) is 110 cm³/mol. The summed E-state index contributed by atoms with van der Waals surface area (Å²) in [5, 5.41) is 3.53. The number of hydrogen-bond acceptors (Lipinski definition) is 3. The van der Waals surface area contributed by atoms with E-state index >= 15 is 0 Å². The molecule has 0 spiro atoms. The Balaban J connectivity index is 1.55. The third-order valence-electron chi connectivity index (χ3n) is 4.65. The van der Waals surface area contributed by atoms with Crippen LogP contribution in [-0.4, -0.2) is 42.9 Å². The summed E-state index contributed by atoms with van der Waals surface area (Å²) in [7, 11) is 0.